The first-order valence-electron chi connectivity index (χ1n) is 10.9. The molecule has 0 spiro atoms. The molecule has 11 heteroatoms. The number of anilines is 1. The van der Waals surface area contributed by atoms with Crippen LogP contribution < -0.4 is 5.32 Å². The van der Waals surface area contributed by atoms with Crippen LogP contribution in [0.4, 0.5) is 23.2 Å². The first-order valence-corrected chi connectivity index (χ1v) is 10.9. The molecule has 5 rings (SSSR count). The van der Waals surface area contributed by atoms with Gasteiger partial charge in [-0.15, -0.1) is 0 Å². The first-order chi connectivity index (χ1) is 16.1. The van der Waals surface area contributed by atoms with Crippen LogP contribution in [-0.4, -0.2) is 56.2 Å². The van der Waals surface area contributed by atoms with Crippen LogP contribution >= 0.6 is 0 Å². The SMILES string of the molecule is O=C(Nc1cncc(-n2ccc3cc(C(=O)N4CCC(F)(F)CC4)cnc32)c1)C1CC(F)(F)C1. The number of nitrogens with one attached hydrogen (secondary N) is 1. The second-order valence-electron chi connectivity index (χ2n) is 8.85. The van der Waals surface area contributed by atoms with Crippen LogP contribution in [0.25, 0.3) is 16.7 Å². The summed E-state index contributed by atoms with van der Waals surface area (Å²) in [6, 6.07) is 5.06. The lowest BCUT2D eigenvalue weighted by Crippen LogP contribution is -2.42. The zero-order chi connectivity index (χ0) is 24.1. The van der Waals surface area contributed by atoms with Crippen molar-refractivity contribution in [3.05, 3.63) is 48.5 Å². The summed E-state index contributed by atoms with van der Waals surface area (Å²) in [5.74, 6) is -7.06. The predicted molar refractivity (Wildman–Crippen MR) is 115 cm³/mol. The van der Waals surface area contributed by atoms with E-state index >= 15 is 0 Å². The van der Waals surface area contributed by atoms with Gasteiger partial charge < -0.3 is 10.2 Å². The van der Waals surface area contributed by atoms with Crippen LogP contribution in [0, 0.1) is 5.92 Å². The van der Waals surface area contributed by atoms with Gasteiger partial charge in [0.25, 0.3) is 11.8 Å². The molecule has 1 saturated carbocycles. The number of likely N-dealkylation sites (tertiary alicyclic amines) is 1. The minimum Gasteiger partial charge on any atom is -0.338 e. The van der Waals surface area contributed by atoms with Crippen molar-refractivity contribution in [2.24, 2.45) is 5.92 Å². The van der Waals surface area contributed by atoms with Gasteiger partial charge in [0.2, 0.25) is 11.8 Å². The first kappa shape index (κ1) is 22.3. The molecule has 2 fully saturated rings. The minimum absolute atomic E-state index is 0.00639. The Morgan fingerprint density at radius 1 is 1.00 bits per heavy atom. The van der Waals surface area contributed by atoms with Crippen molar-refractivity contribution in [1.29, 1.82) is 0 Å². The smallest absolute Gasteiger partial charge is 0.255 e. The molecule has 3 aromatic rings. The number of hydrogen-bond acceptors (Lipinski definition) is 4. The maximum absolute atomic E-state index is 13.4. The summed E-state index contributed by atoms with van der Waals surface area (Å²) < 4.78 is 54.6. The number of piperidine rings is 1. The lowest BCUT2D eigenvalue weighted by Gasteiger charge is -2.33. The van der Waals surface area contributed by atoms with Gasteiger partial charge in [0.05, 0.1) is 29.3 Å². The van der Waals surface area contributed by atoms with E-state index in [0.717, 1.165) is 0 Å². The fourth-order valence-corrected chi connectivity index (χ4v) is 4.29. The Labute approximate surface area is 191 Å². The van der Waals surface area contributed by atoms with Crippen molar-refractivity contribution < 1.29 is 27.2 Å². The van der Waals surface area contributed by atoms with Gasteiger partial charge in [-0.3, -0.25) is 19.1 Å². The van der Waals surface area contributed by atoms with Crippen LogP contribution in [0.5, 0.6) is 0 Å². The Morgan fingerprint density at radius 3 is 2.44 bits per heavy atom. The van der Waals surface area contributed by atoms with E-state index < -0.39 is 36.5 Å². The van der Waals surface area contributed by atoms with Gasteiger partial charge in [0.15, 0.2) is 0 Å². The Kier molecular flexibility index (Phi) is 5.29. The molecule has 34 heavy (non-hydrogen) atoms. The number of pyridine rings is 2. The monoisotopic (exact) mass is 475 g/mol. The van der Waals surface area contributed by atoms with Gasteiger partial charge in [-0.2, -0.15) is 0 Å². The molecule has 0 atom stereocenters. The molecule has 0 bridgehead atoms. The summed E-state index contributed by atoms with van der Waals surface area (Å²) in [7, 11) is 0. The Balaban J connectivity index is 1.33. The molecule has 3 aromatic heterocycles. The fraction of sp³-hybridized carbons (Fsp3) is 0.391. The fourth-order valence-electron chi connectivity index (χ4n) is 4.29. The minimum atomic E-state index is -2.78. The second kappa shape index (κ2) is 8.07. The molecule has 7 nitrogen and oxygen atoms in total. The number of amides is 2. The number of alkyl halides is 4. The molecular formula is C23H21F4N5O2. The Bertz CT molecular complexity index is 1260. The Hall–Kier alpha value is -3.50. The summed E-state index contributed by atoms with van der Waals surface area (Å²) >= 11 is 0. The number of halogens is 4. The average Bonchev–Trinajstić information content (AvgIpc) is 3.20. The highest BCUT2D eigenvalue weighted by atomic mass is 19.3. The maximum Gasteiger partial charge on any atom is 0.255 e. The van der Waals surface area contributed by atoms with Gasteiger partial charge in [0.1, 0.15) is 5.65 Å². The van der Waals surface area contributed by atoms with Gasteiger partial charge in [0, 0.05) is 62.5 Å². The van der Waals surface area contributed by atoms with Crippen LogP contribution in [-0.2, 0) is 4.79 Å². The van der Waals surface area contributed by atoms with E-state index in [1.807, 2.05) is 0 Å². The van der Waals surface area contributed by atoms with Crippen molar-refractivity contribution >= 4 is 28.5 Å². The molecule has 4 heterocycles. The van der Waals surface area contributed by atoms with E-state index in [4.69, 9.17) is 0 Å². The summed E-state index contributed by atoms with van der Waals surface area (Å²) in [4.78, 5) is 34.8. The van der Waals surface area contributed by atoms with E-state index in [-0.39, 0.29) is 31.8 Å². The van der Waals surface area contributed by atoms with Gasteiger partial charge in [-0.05, 0) is 18.2 Å². The van der Waals surface area contributed by atoms with Crippen LogP contribution in [0.2, 0.25) is 0 Å². The quantitative estimate of drug-likeness (QED) is 0.572. The number of hydrogen-bond donors (Lipinski definition) is 1. The highest BCUT2D eigenvalue weighted by Crippen LogP contribution is 2.42. The van der Waals surface area contributed by atoms with Gasteiger partial charge >= 0.3 is 0 Å². The molecule has 1 saturated heterocycles. The molecular weight excluding hydrogens is 454 g/mol. The van der Waals surface area contributed by atoms with Crippen molar-refractivity contribution in [3.63, 3.8) is 0 Å². The number of fused-ring (bicyclic) bond motifs is 1. The molecule has 1 aliphatic heterocycles. The molecule has 1 N–H and O–H groups in total. The summed E-state index contributed by atoms with van der Waals surface area (Å²) in [5, 5.41) is 3.29. The third kappa shape index (κ3) is 4.34. The molecule has 0 aromatic carbocycles. The summed E-state index contributed by atoms with van der Waals surface area (Å²) in [6.45, 7) is -0.0128. The highest BCUT2D eigenvalue weighted by Gasteiger charge is 2.48. The largest absolute Gasteiger partial charge is 0.338 e. The third-order valence-corrected chi connectivity index (χ3v) is 6.29. The topological polar surface area (TPSA) is 80.1 Å². The van der Waals surface area contributed by atoms with Crippen molar-refractivity contribution in [2.75, 3.05) is 18.4 Å². The molecule has 0 unspecified atom stereocenters. The molecule has 1 aliphatic carbocycles. The molecule has 2 amide bonds. The van der Waals surface area contributed by atoms with E-state index in [0.29, 0.717) is 28.0 Å². The van der Waals surface area contributed by atoms with Gasteiger partial charge in [-0.25, -0.2) is 22.5 Å². The van der Waals surface area contributed by atoms with E-state index in [2.05, 4.69) is 15.3 Å². The second-order valence-corrected chi connectivity index (χ2v) is 8.85. The summed E-state index contributed by atoms with van der Waals surface area (Å²) in [5.41, 5.74) is 1.79. The van der Waals surface area contributed by atoms with E-state index in [9.17, 15) is 27.2 Å². The average molecular weight is 475 g/mol. The van der Waals surface area contributed by atoms with Crippen molar-refractivity contribution in [2.45, 2.75) is 37.5 Å². The lowest BCUT2D eigenvalue weighted by atomic mass is 9.81. The zero-order valence-corrected chi connectivity index (χ0v) is 18.0. The van der Waals surface area contributed by atoms with Crippen LogP contribution in [0.15, 0.2) is 43.0 Å². The van der Waals surface area contributed by atoms with Crippen molar-refractivity contribution in [3.8, 4) is 5.69 Å². The number of carbonyl (C=O) groups is 2. The van der Waals surface area contributed by atoms with Crippen LogP contribution in [0.3, 0.4) is 0 Å². The van der Waals surface area contributed by atoms with E-state index in [1.54, 1.807) is 35.2 Å². The normalized spacial score (nSPS) is 19.6. The third-order valence-electron chi connectivity index (χ3n) is 6.29. The zero-order valence-electron chi connectivity index (χ0n) is 18.0. The lowest BCUT2D eigenvalue weighted by molar-refractivity contribution is -0.145. The standard InChI is InChI=1S/C23H21F4N5O2/c24-22(25)2-5-31(6-3-22)21(34)15-7-14-1-4-32(19(14)29-11-15)18-8-17(12-28-13-18)30-20(33)16-9-23(26,27)10-16/h1,4,7-8,11-13,16H,2-3,5-6,9-10H2,(H,30,33). The predicted octanol–water partition coefficient (Wildman–Crippen LogP) is 4.28. The maximum atomic E-state index is 13.4. The van der Waals surface area contributed by atoms with Crippen LogP contribution in [0.1, 0.15) is 36.0 Å². The molecule has 0 radical (unpaired) electrons. The summed E-state index contributed by atoms with van der Waals surface area (Å²) in [6.07, 6.45) is 4.49. The number of aromatic nitrogens is 3. The van der Waals surface area contributed by atoms with Crippen molar-refractivity contribution in [1.82, 2.24) is 19.4 Å². The number of rotatable bonds is 4. The number of carbonyl (C=O) groups excluding carboxylic acids is 2. The Morgan fingerprint density at radius 2 is 1.74 bits per heavy atom. The molecule has 178 valence electrons. The highest BCUT2D eigenvalue weighted by molar-refractivity contribution is 5.97. The number of nitrogens with zero attached hydrogens (tertiary/aromatic N) is 4. The van der Waals surface area contributed by atoms with Gasteiger partial charge in [-0.1, -0.05) is 0 Å². The van der Waals surface area contributed by atoms with E-state index in [1.165, 1.54) is 17.3 Å². The molecule has 2 aliphatic rings.